The van der Waals surface area contributed by atoms with Gasteiger partial charge in [-0.3, -0.25) is 24.2 Å². The van der Waals surface area contributed by atoms with E-state index in [1.54, 1.807) is 29.2 Å². The Morgan fingerprint density at radius 2 is 1.66 bits per heavy atom. The van der Waals surface area contributed by atoms with Crippen LogP contribution in [0.5, 0.6) is 5.75 Å². The average molecular weight is 517 g/mol. The molecule has 3 amide bonds. The summed E-state index contributed by atoms with van der Waals surface area (Å²) in [6.45, 7) is 9.07. The Hall–Kier alpha value is -3.01. The van der Waals surface area contributed by atoms with E-state index in [1.807, 2.05) is 25.1 Å². The Bertz CT molecular complexity index is 1190. The van der Waals surface area contributed by atoms with E-state index in [2.05, 4.69) is 23.7 Å². The molecule has 0 saturated heterocycles. The number of halogens is 1. The number of fused-ring (bicyclic) bond motifs is 2. The summed E-state index contributed by atoms with van der Waals surface area (Å²) in [5.41, 5.74) is 1.43. The van der Waals surface area contributed by atoms with Crippen LogP contribution >= 0.6 is 23.7 Å². The maximum absolute atomic E-state index is 13.5. The summed E-state index contributed by atoms with van der Waals surface area (Å²) >= 11 is 1.39. The van der Waals surface area contributed by atoms with Crippen LogP contribution in [-0.2, 0) is 4.79 Å². The summed E-state index contributed by atoms with van der Waals surface area (Å²) in [5, 5.41) is 0.539. The van der Waals surface area contributed by atoms with E-state index < -0.39 is 11.8 Å². The lowest BCUT2D eigenvalue weighted by atomic mass is 10.1. The molecule has 1 aliphatic rings. The summed E-state index contributed by atoms with van der Waals surface area (Å²) in [4.78, 5) is 48.6. The first-order valence-corrected chi connectivity index (χ1v) is 12.3. The van der Waals surface area contributed by atoms with E-state index >= 15 is 0 Å². The summed E-state index contributed by atoms with van der Waals surface area (Å²) in [7, 11) is 0. The van der Waals surface area contributed by atoms with Crippen molar-refractivity contribution in [2.45, 2.75) is 20.8 Å². The van der Waals surface area contributed by atoms with Crippen LogP contribution in [0.1, 0.15) is 41.5 Å². The molecular formula is C25H29ClN4O4S. The number of aromatic nitrogens is 1. The molecule has 2 aromatic carbocycles. The van der Waals surface area contributed by atoms with Crippen molar-refractivity contribution in [2.24, 2.45) is 0 Å². The van der Waals surface area contributed by atoms with E-state index in [4.69, 9.17) is 4.74 Å². The fraction of sp³-hybridized carbons (Fsp3) is 0.360. The number of imide groups is 1. The van der Waals surface area contributed by atoms with Gasteiger partial charge in [0.25, 0.3) is 11.8 Å². The number of carbonyl (C=O) groups is 3. The van der Waals surface area contributed by atoms with Gasteiger partial charge in [0, 0.05) is 13.1 Å². The van der Waals surface area contributed by atoms with Gasteiger partial charge in [-0.25, -0.2) is 4.98 Å². The molecule has 0 N–H and O–H groups in total. The molecule has 0 radical (unpaired) electrons. The molecule has 0 spiro atoms. The van der Waals surface area contributed by atoms with Crippen LogP contribution < -0.4 is 9.64 Å². The summed E-state index contributed by atoms with van der Waals surface area (Å²) in [6.07, 6.45) is 0. The molecule has 0 fully saturated rings. The third-order valence-electron chi connectivity index (χ3n) is 5.90. The van der Waals surface area contributed by atoms with Gasteiger partial charge in [0.15, 0.2) is 5.13 Å². The van der Waals surface area contributed by atoms with Gasteiger partial charge >= 0.3 is 0 Å². The van der Waals surface area contributed by atoms with Gasteiger partial charge in [-0.05, 0) is 50.3 Å². The Morgan fingerprint density at radius 1 is 1.00 bits per heavy atom. The minimum absolute atomic E-state index is 0. The van der Waals surface area contributed by atoms with Crippen molar-refractivity contribution >= 4 is 56.8 Å². The first-order valence-electron chi connectivity index (χ1n) is 11.5. The first kappa shape index (κ1) is 26.6. The summed E-state index contributed by atoms with van der Waals surface area (Å²) in [5.74, 6) is -0.477. The lowest BCUT2D eigenvalue weighted by Crippen LogP contribution is -2.45. The molecule has 4 rings (SSSR count). The van der Waals surface area contributed by atoms with E-state index in [9.17, 15) is 14.4 Å². The number of hydrogen-bond acceptors (Lipinski definition) is 7. The molecule has 35 heavy (non-hydrogen) atoms. The first-order chi connectivity index (χ1) is 16.5. The van der Waals surface area contributed by atoms with E-state index in [1.165, 1.54) is 11.3 Å². The standard InChI is InChI=1S/C25H28N4O4S.ClH/c1-4-27(5-2)13-14-28(25-26-20-12-11-17(33-6-3)15-21(20)34-25)22(30)16-29-23(31)18-9-7-8-10-19(18)24(29)32;/h7-12,15H,4-6,13-14,16H2,1-3H3;1H. The molecule has 186 valence electrons. The topological polar surface area (TPSA) is 83.1 Å². The molecule has 8 nitrogen and oxygen atoms in total. The van der Waals surface area contributed by atoms with Crippen LogP contribution in [0.4, 0.5) is 5.13 Å². The van der Waals surface area contributed by atoms with Crippen molar-refractivity contribution in [1.82, 2.24) is 14.8 Å². The Balaban J connectivity index is 0.00000342. The zero-order valence-corrected chi connectivity index (χ0v) is 21.7. The molecule has 3 aromatic rings. The summed E-state index contributed by atoms with van der Waals surface area (Å²) in [6, 6.07) is 12.3. The molecule has 2 heterocycles. The van der Waals surface area contributed by atoms with Gasteiger partial charge < -0.3 is 9.64 Å². The van der Waals surface area contributed by atoms with Crippen molar-refractivity contribution in [3.8, 4) is 5.75 Å². The second-order valence-electron chi connectivity index (χ2n) is 7.87. The van der Waals surface area contributed by atoms with Crippen LogP contribution in [-0.4, -0.2) is 71.8 Å². The predicted molar refractivity (Wildman–Crippen MR) is 140 cm³/mol. The molecule has 0 unspecified atom stereocenters. The number of benzene rings is 2. The van der Waals surface area contributed by atoms with Gasteiger partial charge in [0.2, 0.25) is 5.91 Å². The van der Waals surface area contributed by atoms with E-state index in [0.717, 1.165) is 34.0 Å². The molecule has 0 aliphatic carbocycles. The van der Waals surface area contributed by atoms with Gasteiger partial charge in [0.1, 0.15) is 12.3 Å². The minimum Gasteiger partial charge on any atom is -0.494 e. The second-order valence-corrected chi connectivity index (χ2v) is 8.88. The number of carbonyl (C=O) groups excluding carboxylic acids is 3. The number of anilines is 1. The van der Waals surface area contributed by atoms with Crippen LogP contribution in [0, 0.1) is 0 Å². The monoisotopic (exact) mass is 516 g/mol. The fourth-order valence-electron chi connectivity index (χ4n) is 3.98. The smallest absolute Gasteiger partial charge is 0.262 e. The highest BCUT2D eigenvalue weighted by Crippen LogP contribution is 2.32. The lowest BCUT2D eigenvalue weighted by molar-refractivity contribution is -0.119. The van der Waals surface area contributed by atoms with Crippen LogP contribution in [0.15, 0.2) is 42.5 Å². The van der Waals surface area contributed by atoms with E-state index in [-0.39, 0.29) is 24.9 Å². The molecule has 0 bridgehead atoms. The van der Waals surface area contributed by atoms with Crippen molar-refractivity contribution in [3.05, 3.63) is 53.6 Å². The molecule has 0 atom stereocenters. The number of nitrogens with zero attached hydrogens (tertiary/aromatic N) is 4. The number of rotatable bonds is 10. The molecule has 1 aliphatic heterocycles. The van der Waals surface area contributed by atoms with Gasteiger partial charge in [0.05, 0.1) is 28.0 Å². The highest BCUT2D eigenvalue weighted by Gasteiger charge is 2.37. The lowest BCUT2D eigenvalue weighted by Gasteiger charge is -2.26. The predicted octanol–water partition coefficient (Wildman–Crippen LogP) is 4.09. The van der Waals surface area contributed by atoms with Crippen molar-refractivity contribution in [1.29, 1.82) is 0 Å². The van der Waals surface area contributed by atoms with Crippen molar-refractivity contribution in [3.63, 3.8) is 0 Å². The van der Waals surface area contributed by atoms with Crippen LogP contribution in [0.3, 0.4) is 0 Å². The van der Waals surface area contributed by atoms with Gasteiger partial charge in [-0.15, -0.1) is 12.4 Å². The minimum atomic E-state index is -0.441. The largest absolute Gasteiger partial charge is 0.494 e. The van der Waals surface area contributed by atoms with Gasteiger partial charge in [-0.2, -0.15) is 0 Å². The third-order valence-corrected chi connectivity index (χ3v) is 6.94. The maximum atomic E-state index is 13.5. The number of likely N-dealkylation sites (N-methyl/N-ethyl adjacent to an activating group) is 1. The normalized spacial score (nSPS) is 12.7. The molecule has 1 aromatic heterocycles. The fourth-order valence-corrected chi connectivity index (χ4v) is 5.01. The second kappa shape index (κ2) is 11.6. The highest BCUT2D eigenvalue weighted by molar-refractivity contribution is 7.22. The third kappa shape index (κ3) is 5.47. The average Bonchev–Trinajstić information content (AvgIpc) is 3.36. The summed E-state index contributed by atoms with van der Waals surface area (Å²) < 4.78 is 6.50. The van der Waals surface area contributed by atoms with Crippen LogP contribution in [0.25, 0.3) is 10.2 Å². The zero-order chi connectivity index (χ0) is 24.2. The quantitative estimate of drug-likeness (QED) is 0.377. The zero-order valence-electron chi connectivity index (χ0n) is 20.0. The molecular weight excluding hydrogens is 488 g/mol. The Kier molecular flexibility index (Phi) is 8.82. The van der Waals surface area contributed by atoms with Crippen molar-refractivity contribution in [2.75, 3.05) is 44.2 Å². The Morgan fingerprint density at radius 3 is 2.26 bits per heavy atom. The SMILES string of the molecule is CCOc1ccc2nc(N(CCN(CC)CC)C(=O)CN3C(=O)c4ccccc4C3=O)sc2c1.Cl. The maximum Gasteiger partial charge on any atom is 0.262 e. The number of ether oxygens (including phenoxy) is 1. The van der Waals surface area contributed by atoms with Crippen LogP contribution in [0.2, 0.25) is 0 Å². The highest BCUT2D eigenvalue weighted by atomic mass is 35.5. The van der Waals surface area contributed by atoms with E-state index in [0.29, 0.717) is 36.0 Å². The van der Waals surface area contributed by atoms with Gasteiger partial charge in [-0.1, -0.05) is 37.3 Å². The van der Waals surface area contributed by atoms with Crippen molar-refractivity contribution < 1.29 is 19.1 Å². The number of amides is 3. The molecule has 0 saturated carbocycles. The molecule has 10 heteroatoms. The Labute approximate surface area is 214 Å². The number of thiazole rings is 1. The number of hydrogen-bond donors (Lipinski definition) is 0.